The molecule has 0 unspecified atom stereocenters. The molecule has 0 saturated carbocycles. The standard InChI is InChI=1S/C11H11F3N4/c1-2-9-10(15)16-17-18(9)8-5-3-7(4-6-8)11(12,13)14/h3-6H,2,15H2,1H3. The van der Waals surface area contributed by atoms with Gasteiger partial charge in [0.05, 0.1) is 16.9 Å². The molecule has 4 nitrogen and oxygen atoms in total. The lowest BCUT2D eigenvalue weighted by Crippen LogP contribution is -2.06. The molecule has 0 aliphatic carbocycles. The lowest BCUT2D eigenvalue weighted by atomic mass is 10.2. The zero-order chi connectivity index (χ0) is 13.3. The Morgan fingerprint density at radius 3 is 2.33 bits per heavy atom. The van der Waals surface area contributed by atoms with Crippen molar-refractivity contribution in [2.75, 3.05) is 5.73 Å². The van der Waals surface area contributed by atoms with Crippen LogP contribution in [0.4, 0.5) is 19.0 Å². The summed E-state index contributed by atoms with van der Waals surface area (Å²) in [6.07, 6.45) is -3.74. The third-order valence-corrected chi connectivity index (χ3v) is 2.57. The van der Waals surface area contributed by atoms with Gasteiger partial charge in [-0.2, -0.15) is 13.2 Å². The van der Waals surface area contributed by atoms with Crippen molar-refractivity contribution in [1.82, 2.24) is 15.0 Å². The molecular weight excluding hydrogens is 245 g/mol. The predicted molar refractivity (Wildman–Crippen MR) is 60.2 cm³/mol. The van der Waals surface area contributed by atoms with Crippen LogP contribution in [0.1, 0.15) is 18.2 Å². The summed E-state index contributed by atoms with van der Waals surface area (Å²) in [5.41, 5.74) is 6.10. The van der Waals surface area contributed by atoms with Crippen molar-refractivity contribution < 1.29 is 13.2 Å². The van der Waals surface area contributed by atoms with Crippen LogP contribution in [0.15, 0.2) is 24.3 Å². The second kappa shape index (κ2) is 4.32. The predicted octanol–water partition coefficient (Wildman–Crippen LogP) is 2.43. The van der Waals surface area contributed by atoms with Gasteiger partial charge in [0.2, 0.25) is 0 Å². The van der Waals surface area contributed by atoms with Gasteiger partial charge in [-0.15, -0.1) is 5.10 Å². The Balaban J connectivity index is 2.40. The number of nitrogens with two attached hydrogens (primary N) is 1. The normalized spacial score (nSPS) is 11.8. The topological polar surface area (TPSA) is 56.7 Å². The van der Waals surface area contributed by atoms with Crippen molar-refractivity contribution >= 4 is 5.82 Å². The van der Waals surface area contributed by atoms with E-state index in [2.05, 4.69) is 10.3 Å². The number of hydrogen-bond acceptors (Lipinski definition) is 3. The summed E-state index contributed by atoms with van der Waals surface area (Å²) in [4.78, 5) is 0. The molecule has 96 valence electrons. The summed E-state index contributed by atoms with van der Waals surface area (Å²) in [7, 11) is 0. The summed E-state index contributed by atoms with van der Waals surface area (Å²) < 4.78 is 38.7. The van der Waals surface area contributed by atoms with Crippen LogP contribution in [0.5, 0.6) is 0 Å². The van der Waals surface area contributed by atoms with Gasteiger partial charge in [0.1, 0.15) is 0 Å². The largest absolute Gasteiger partial charge is 0.416 e. The summed E-state index contributed by atoms with van der Waals surface area (Å²) in [6, 6.07) is 4.70. The van der Waals surface area contributed by atoms with Crippen LogP contribution in [-0.2, 0) is 12.6 Å². The van der Waals surface area contributed by atoms with Gasteiger partial charge in [-0.1, -0.05) is 12.1 Å². The Labute approximate surface area is 101 Å². The average Bonchev–Trinajstić information content (AvgIpc) is 2.69. The van der Waals surface area contributed by atoms with Gasteiger partial charge in [-0.25, -0.2) is 4.68 Å². The van der Waals surface area contributed by atoms with E-state index in [0.29, 0.717) is 17.8 Å². The van der Waals surface area contributed by atoms with Crippen LogP contribution in [0.2, 0.25) is 0 Å². The summed E-state index contributed by atoms with van der Waals surface area (Å²) in [5, 5.41) is 7.51. The van der Waals surface area contributed by atoms with Gasteiger partial charge >= 0.3 is 6.18 Å². The number of nitrogen functional groups attached to an aromatic ring is 1. The molecule has 0 aliphatic heterocycles. The molecule has 0 amide bonds. The number of alkyl halides is 3. The third kappa shape index (κ3) is 2.15. The molecule has 0 radical (unpaired) electrons. The maximum absolute atomic E-state index is 12.4. The van der Waals surface area contributed by atoms with E-state index in [1.165, 1.54) is 16.8 Å². The molecule has 0 spiro atoms. The molecule has 2 rings (SSSR count). The van der Waals surface area contributed by atoms with Crippen molar-refractivity contribution in [2.24, 2.45) is 0 Å². The van der Waals surface area contributed by atoms with Crippen molar-refractivity contribution in [2.45, 2.75) is 19.5 Å². The van der Waals surface area contributed by atoms with Gasteiger partial charge in [-0.05, 0) is 30.7 Å². The number of anilines is 1. The minimum absolute atomic E-state index is 0.289. The lowest BCUT2D eigenvalue weighted by Gasteiger charge is -2.08. The Kier molecular flexibility index (Phi) is 2.98. The number of hydrogen-bond donors (Lipinski definition) is 1. The van der Waals surface area contributed by atoms with E-state index in [0.717, 1.165) is 12.1 Å². The smallest absolute Gasteiger partial charge is 0.381 e. The second-order valence-corrected chi connectivity index (χ2v) is 3.73. The van der Waals surface area contributed by atoms with Gasteiger partial charge in [-0.3, -0.25) is 0 Å². The van der Waals surface area contributed by atoms with Crippen LogP contribution >= 0.6 is 0 Å². The first-order valence-corrected chi connectivity index (χ1v) is 5.31. The average molecular weight is 256 g/mol. The number of halogens is 3. The zero-order valence-electron chi connectivity index (χ0n) is 9.57. The van der Waals surface area contributed by atoms with E-state index in [4.69, 9.17) is 5.73 Å². The molecule has 1 aromatic heterocycles. The molecule has 18 heavy (non-hydrogen) atoms. The van der Waals surface area contributed by atoms with Gasteiger partial charge in [0, 0.05) is 0 Å². The lowest BCUT2D eigenvalue weighted by molar-refractivity contribution is -0.137. The van der Waals surface area contributed by atoms with Crippen LogP contribution in [0.25, 0.3) is 5.69 Å². The summed E-state index contributed by atoms with van der Waals surface area (Å²) >= 11 is 0. The number of aromatic nitrogens is 3. The maximum atomic E-state index is 12.4. The molecular formula is C11H11F3N4. The van der Waals surface area contributed by atoms with Crippen LogP contribution in [0.3, 0.4) is 0 Å². The maximum Gasteiger partial charge on any atom is 0.416 e. The fourth-order valence-electron chi connectivity index (χ4n) is 1.64. The van der Waals surface area contributed by atoms with Gasteiger partial charge < -0.3 is 5.73 Å². The van der Waals surface area contributed by atoms with Crippen molar-refractivity contribution in [3.05, 3.63) is 35.5 Å². The highest BCUT2D eigenvalue weighted by atomic mass is 19.4. The van der Waals surface area contributed by atoms with E-state index in [1.54, 1.807) is 0 Å². The highest BCUT2D eigenvalue weighted by molar-refractivity contribution is 5.42. The van der Waals surface area contributed by atoms with E-state index >= 15 is 0 Å². The van der Waals surface area contributed by atoms with E-state index < -0.39 is 11.7 Å². The molecule has 0 fully saturated rings. The van der Waals surface area contributed by atoms with E-state index in [-0.39, 0.29) is 5.82 Å². The molecule has 1 heterocycles. The quantitative estimate of drug-likeness (QED) is 0.897. The summed E-state index contributed by atoms with van der Waals surface area (Å²) in [6.45, 7) is 1.87. The van der Waals surface area contributed by atoms with Crippen molar-refractivity contribution in [1.29, 1.82) is 0 Å². The summed E-state index contributed by atoms with van der Waals surface area (Å²) in [5.74, 6) is 0.289. The fraction of sp³-hybridized carbons (Fsp3) is 0.273. The van der Waals surface area contributed by atoms with E-state index in [1.807, 2.05) is 6.92 Å². The van der Waals surface area contributed by atoms with Crippen LogP contribution in [0, 0.1) is 0 Å². The first-order valence-electron chi connectivity index (χ1n) is 5.31. The highest BCUT2D eigenvalue weighted by Crippen LogP contribution is 2.29. The zero-order valence-corrected chi connectivity index (χ0v) is 9.57. The van der Waals surface area contributed by atoms with Crippen molar-refractivity contribution in [3.63, 3.8) is 0 Å². The Morgan fingerprint density at radius 1 is 1.22 bits per heavy atom. The highest BCUT2D eigenvalue weighted by Gasteiger charge is 2.30. The Bertz CT molecular complexity index is 542. The molecule has 2 aromatic rings. The van der Waals surface area contributed by atoms with E-state index in [9.17, 15) is 13.2 Å². The fourth-order valence-corrected chi connectivity index (χ4v) is 1.64. The number of rotatable bonds is 2. The molecule has 0 saturated heterocycles. The van der Waals surface area contributed by atoms with Crippen molar-refractivity contribution in [3.8, 4) is 5.69 Å². The molecule has 1 aromatic carbocycles. The molecule has 2 N–H and O–H groups in total. The minimum atomic E-state index is -4.34. The van der Waals surface area contributed by atoms with Crippen LogP contribution < -0.4 is 5.73 Å². The Morgan fingerprint density at radius 2 is 1.83 bits per heavy atom. The van der Waals surface area contributed by atoms with Gasteiger partial charge in [0.15, 0.2) is 5.82 Å². The first-order chi connectivity index (χ1) is 8.43. The Hall–Kier alpha value is -2.05. The molecule has 0 bridgehead atoms. The number of benzene rings is 1. The molecule has 0 aliphatic rings. The molecule has 0 atom stereocenters. The van der Waals surface area contributed by atoms with Crippen LogP contribution in [-0.4, -0.2) is 15.0 Å². The number of nitrogens with zero attached hydrogens (tertiary/aromatic N) is 3. The van der Waals surface area contributed by atoms with Gasteiger partial charge in [0.25, 0.3) is 0 Å². The second-order valence-electron chi connectivity index (χ2n) is 3.73. The minimum Gasteiger partial charge on any atom is -0.381 e. The SMILES string of the molecule is CCc1c(N)nnn1-c1ccc(C(F)(F)F)cc1. The first kappa shape index (κ1) is 12.4. The molecule has 7 heteroatoms. The monoisotopic (exact) mass is 256 g/mol. The third-order valence-electron chi connectivity index (χ3n) is 2.57.